The molecule has 1 amide bonds. The fourth-order valence-corrected chi connectivity index (χ4v) is 5.14. The number of aromatic nitrogens is 4. The summed E-state index contributed by atoms with van der Waals surface area (Å²) in [5, 5.41) is 16.0. The predicted molar refractivity (Wildman–Crippen MR) is 138 cm³/mol. The normalized spacial score (nSPS) is 16.4. The van der Waals surface area contributed by atoms with Gasteiger partial charge in [-0.15, -0.1) is 0 Å². The average Bonchev–Trinajstić information content (AvgIpc) is 2.90. The minimum Gasteiger partial charge on any atom is -0.392 e. The molecule has 2 fully saturated rings. The van der Waals surface area contributed by atoms with Crippen LogP contribution in [-0.2, 0) is 19.7 Å². The Morgan fingerprint density at radius 2 is 1.86 bits per heavy atom. The Labute approximate surface area is 215 Å². The van der Waals surface area contributed by atoms with Crippen LogP contribution in [0.5, 0.6) is 0 Å². The SMILES string of the molecule is O=C(NCc1ncccn1)c1cnc(N2CCC3(CCC3)CC2)nc1NCc1ccc(CO)c(Cl)c1. The van der Waals surface area contributed by atoms with Crippen molar-refractivity contribution in [3.63, 3.8) is 0 Å². The van der Waals surface area contributed by atoms with Crippen molar-refractivity contribution in [1.29, 1.82) is 0 Å². The molecule has 0 unspecified atom stereocenters. The largest absolute Gasteiger partial charge is 0.392 e. The van der Waals surface area contributed by atoms with Crippen molar-refractivity contribution < 1.29 is 9.90 Å². The maximum atomic E-state index is 13.1. The number of hydrogen-bond acceptors (Lipinski definition) is 8. The number of carbonyl (C=O) groups excluding carboxylic acids is 1. The fraction of sp³-hybridized carbons (Fsp3) is 0.423. The molecule has 188 valence electrons. The smallest absolute Gasteiger partial charge is 0.256 e. The molecule has 3 heterocycles. The number of nitrogens with one attached hydrogen (secondary N) is 2. The first-order valence-corrected chi connectivity index (χ1v) is 12.7. The molecule has 1 saturated heterocycles. The summed E-state index contributed by atoms with van der Waals surface area (Å²) in [5.41, 5.74) is 2.45. The lowest BCUT2D eigenvalue weighted by molar-refractivity contribution is 0.0948. The van der Waals surface area contributed by atoms with E-state index < -0.39 is 0 Å². The highest BCUT2D eigenvalue weighted by Gasteiger charge is 2.40. The first-order valence-electron chi connectivity index (χ1n) is 12.3. The molecule has 1 aromatic carbocycles. The first kappa shape index (κ1) is 24.4. The number of rotatable bonds is 8. The summed E-state index contributed by atoms with van der Waals surface area (Å²) in [6, 6.07) is 7.22. The van der Waals surface area contributed by atoms with Gasteiger partial charge in [-0.05, 0) is 54.4 Å². The van der Waals surface area contributed by atoms with Gasteiger partial charge in [0.2, 0.25) is 5.95 Å². The molecule has 0 atom stereocenters. The van der Waals surface area contributed by atoms with Crippen LogP contribution in [0.2, 0.25) is 5.02 Å². The second-order valence-electron chi connectivity index (χ2n) is 9.56. The van der Waals surface area contributed by atoms with Crippen LogP contribution in [-0.4, -0.2) is 44.0 Å². The van der Waals surface area contributed by atoms with Crippen LogP contribution >= 0.6 is 11.6 Å². The highest BCUT2D eigenvalue weighted by Crippen LogP contribution is 2.49. The molecule has 1 aliphatic carbocycles. The lowest BCUT2D eigenvalue weighted by Crippen LogP contribution is -2.44. The number of halogens is 1. The van der Waals surface area contributed by atoms with Gasteiger partial charge >= 0.3 is 0 Å². The highest BCUT2D eigenvalue weighted by atomic mass is 35.5. The van der Waals surface area contributed by atoms with Crippen molar-refractivity contribution >= 4 is 29.3 Å². The second-order valence-corrected chi connectivity index (χ2v) is 9.97. The van der Waals surface area contributed by atoms with Gasteiger partial charge in [0.15, 0.2) is 0 Å². The van der Waals surface area contributed by atoms with Crippen LogP contribution in [0.25, 0.3) is 0 Å². The van der Waals surface area contributed by atoms with Gasteiger partial charge in [0, 0.05) is 43.2 Å². The molecular formula is C26H30ClN7O2. The Hall–Kier alpha value is -3.30. The van der Waals surface area contributed by atoms with Gasteiger partial charge in [0.25, 0.3) is 5.91 Å². The molecule has 3 aromatic rings. The van der Waals surface area contributed by atoms with E-state index >= 15 is 0 Å². The zero-order valence-electron chi connectivity index (χ0n) is 20.1. The van der Waals surface area contributed by atoms with E-state index in [0.717, 1.165) is 31.5 Å². The average molecular weight is 508 g/mol. The summed E-state index contributed by atoms with van der Waals surface area (Å²) < 4.78 is 0. The summed E-state index contributed by atoms with van der Waals surface area (Å²) in [7, 11) is 0. The zero-order chi connectivity index (χ0) is 25.0. The Bertz CT molecular complexity index is 1210. The minimum absolute atomic E-state index is 0.117. The third-order valence-electron chi connectivity index (χ3n) is 7.32. The number of nitrogens with zero attached hydrogens (tertiary/aromatic N) is 5. The fourth-order valence-electron chi connectivity index (χ4n) is 4.87. The zero-order valence-corrected chi connectivity index (χ0v) is 20.8. The third-order valence-corrected chi connectivity index (χ3v) is 7.67. The van der Waals surface area contributed by atoms with Crippen molar-refractivity contribution in [2.45, 2.75) is 51.8 Å². The summed E-state index contributed by atoms with van der Waals surface area (Å²) in [6.45, 7) is 2.35. The van der Waals surface area contributed by atoms with Gasteiger partial charge in [-0.2, -0.15) is 4.98 Å². The first-order chi connectivity index (χ1) is 17.5. The van der Waals surface area contributed by atoms with E-state index in [-0.39, 0.29) is 19.1 Å². The molecule has 1 spiro atoms. The molecule has 9 nitrogen and oxygen atoms in total. The van der Waals surface area contributed by atoms with E-state index in [0.29, 0.717) is 45.7 Å². The Morgan fingerprint density at radius 1 is 1.08 bits per heavy atom. The van der Waals surface area contributed by atoms with E-state index in [2.05, 4.69) is 30.5 Å². The van der Waals surface area contributed by atoms with E-state index in [1.165, 1.54) is 19.3 Å². The van der Waals surface area contributed by atoms with Gasteiger partial charge < -0.3 is 20.6 Å². The van der Waals surface area contributed by atoms with Crippen LogP contribution in [0, 0.1) is 5.41 Å². The van der Waals surface area contributed by atoms with Crippen LogP contribution in [0.3, 0.4) is 0 Å². The van der Waals surface area contributed by atoms with Gasteiger partial charge in [-0.3, -0.25) is 4.79 Å². The number of hydrogen-bond donors (Lipinski definition) is 3. The summed E-state index contributed by atoms with van der Waals surface area (Å²) in [5.74, 6) is 1.30. The lowest BCUT2D eigenvalue weighted by atomic mass is 9.63. The van der Waals surface area contributed by atoms with Crippen LogP contribution < -0.4 is 15.5 Å². The molecule has 3 N–H and O–H groups in total. The molecule has 10 heteroatoms. The second kappa shape index (κ2) is 10.8. The van der Waals surface area contributed by atoms with Gasteiger partial charge in [0.05, 0.1) is 13.2 Å². The molecular weight excluding hydrogens is 478 g/mol. The molecule has 2 aromatic heterocycles. The molecule has 5 rings (SSSR count). The quantitative estimate of drug-likeness (QED) is 0.422. The Morgan fingerprint density at radius 3 is 2.53 bits per heavy atom. The van der Waals surface area contributed by atoms with Crippen molar-refractivity contribution in [3.05, 3.63) is 70.4 Å². The van der Waals surface area contributed by atoms with Gasteiger partial charge in [-0.25, -0.2) is 15.0 Å². The molecule has 2 aliphatic rings. The molecule has 1 saturated carbocycles. The number of anilines is 2. The number of carbonyl (C=O) groups is 1. The Kier molecular flexibility index (Phi) is 7.29. The highest BCUT2D eigenvalue weighted by molar-refractivity contribution is 6.31. The summed E-state index contributed by atoms with van der Waals surface area (Å²) in [6.07, 6.45) is 11.2. The monoisotopic (exact) mass is 507 g/mol. The van der Waals surface area contributed by atoms with Gasteiger partial charge in [-0.1, -0.05) is 30.2 Å². The predicted octanol–water partition coefficient (Wildman–Crippen LogP) is 3.72. The maximum absolute atomic E-state index is 13.1. The van der Waals surface area contributed by atoms with Crippen molar-refractivity contribution in [2.75, 3.05) is 23.3 Å². The molecule has 36 heavy (non-hydrogen) atoms. The van der Waals surface area contributed by atoms with Crippen LogP contribution in [0.4, 0.5) is 11.8 Å². The van der Waals surface area contributed by atoms with E-state index in [1.54, 1.807) is 36.8 Å². The standard InChI is InChI=1S/C26H30ClN7O2/c27-21-13-18(3-4-19(21)17-35)14-30-23-20(24(36)31-16-22-28-9-2-10-29-22)15-32-25(33-23)34-11-7-26(8-12-34)5-1-6-26/h2-4,9-10,13,15,35H,1,5-8,11-12,14,16-17H2,(H,31,36)(H,30,32,33). The summed E-state index contributed by atoms with van der Waals surface area (Å²) >= 11 is 6.26. The number of aliphatic hydroxyl groups excluding tert-OH is 1. The lowest BCUT2D eigenvalue weighted by Gasteiger charge is -2.48. The topological polar surface area (TPSA) is 116 Å². The van der Waals surface area contributed by atoms with E-state index in [1.807, 2.05) is 6.07 Å². The molecule has 1 aliphatic heterocycles. The van der Waals surface area contributed by atoms with Crippen molar-refractivity contribution in [3.8, 4) is 0 Å². The maximum Gasteiger partial charge on any atom is 0.256 e. The van der Waals surface area contributed by atoms with Crippen LogP contribution in [0.15, 0.2) is 42.9 Å². The Balaban J connectivity index is 1.34. The molecule has 0 radical (unpaired) electrons. The molecule has 0 bridgehead atoms. The van der Waals surface area contributed by atoms with Crippen LogP contribution in [0.1, 0.15) is 59.4 Å². The number of amides is 1. The summed E-state index contributed by atoms with van der Waals surface area (Å²) in [4.78, 5) is 32.9. The number of aliphatic hydroxyl groups is 1. The van der Waals surface area contributed by atoms with Gasteiger partial charge in [0.1, 0.15) is 17.2 Å². The van der Waals surface area contributed by atoms with Crippen molar-refractivity contribution in [2.24, 2.45) is 5.41 Å². The van der Waals surface area contributed by atoms with Crippen molar-refractivity contribution in [1.82, 2.24) is 25.3 Å². The third kappa shape index (κ3) is 5.42. The number of piperidine rings is 1. The number of benzene rings is 1. The van der Waals surface area contributed by atoms with E-state index in [4.69, 9.17) is 16.6 Å². The minimum atomic E-state index is -0.308. The van der Waals surface area contributed by atoms with E-state index in [9.17, 15) is 9.90 Å².